The molecule has 0 bridgehead atoms. The van der Waals surface area contributed by atoms with Crippen molar-refractivity contribution in [2.75, 3.05) is 11.4 Å². The van der Waals surface area contributed by atoms with Crippen molar-refractivity contribution in [2.24, 2.45) is 0 Å². The summed E-state index contributed by atoms with van der Waals surface area (Å²) >= 11 is 6.14. The molecule has 0 saturated heterocycles. The van der Waals surface area contributed by atoms with Crippen molar-refractivity contribution in [3.05, 3.63) is 46.7 Å². The number of pyridine rings is 1. The van der Waals surface area contributed by atoms with Gasteiger partial charge in [0.25, 0.3) is 0 Å². The molecule has 0 aromatic carbocycles. The zero-order valence-corrected chi connectivity index (χ0v) is 10.4. The van der Waals surface area contributed by atoms with Crippen LogP contribution in [0.3, 0.4) is 0 Å². The monoisotopic (exact) mass is 260 g/mol. The van der Waals surface area contributed by atoms with Crippen molar-refractivity contribution >= 4 is 23.2 Å². The summed E-state index contributed by atoms with van der Waals surface area (Å²) in [5, 5.41) is 0.629. The van der Waals surface area contributed by atoms with Gasteiger partial charge in [-0.15, -0.1) is 0 Å². The van der Waals surface area contributed by atoms with E-state index in [0.717, 1.165) is 30.0 Å². The Hall–Kier alpha value is -1.88. The molecule has 0 aliphatic carbocycles. The smallest absolute Gasteiger partial charge is 0.147 e. The Kier molecular flexibility index (Phi) is 2.76. The minimum Gasteiger partial charge on any atom is -0.482 e. The number of nitrogens with one attached hydrogen (secondary N) is 1. The van der Waals surface area contributed by atoms with Gasteiger partial charge in [-0.25, -0.2) is 4.98 Å². The van der Waals surface area contributed by atoms with E-state index in [1.165, 1.54) is 6.33 Å². The van der Waals surface area contributed by atoms with Gasteiger partial charge in [-0.2, -0.15) is 0 Å². The molecule has 18 heavy (non-hydrogen) atoms. The molecular weight excluding hydrogens is 250 g/mol. The zero-order valence-electron chi connectivity index (χ0n) is 9.60. The number of rotatable bonds is 1. The Labute approximate surface area is 110 Å². The van der Waals surface area contributed by atoms with E-state index in [1.54, 1.807) is 6.20 Å². The molecule has 0 radical (unpaired) electrons. The number of nitrogens with zero attached hydrogens (tertiary/aromatic N) is 4. The molecule has 0 amide bonds. The summed E-state index contributed by atoms with van der Waals surface area (Å²) in [4.78, 5) is 14.5. The summed E-state index contributed by atoms with van der Waals surface area (Å²) < 4.78 is 0. The second-order valence-electron chi connectivity index (χ2n) is 4.13. The molecule has 5 nitrogen and oxygen atoms in total. The van der Waals surface area contributed by atoms with Gasteiger partial charge >= 0.3 is 0 Å². The van der Waals surface area contributed by atoms with Crippen LogP contribution in [0.2, 0.25) is 5.02 Å². The van der Waals surface area contributed by atoms with Gasteiger partial charge in [-0.3, -0.25) is 4.98 Å². The molecule has 1 N–H and O–H groups in total. The van der Waals surface area contributed by atoms with Crippen molar-refractivity contribution in [3.8, 4) is 0 Å². The van der Waals surface area contributed by atoms with Crippen LogP contribution in [0, 0.1) is 0 Å². The fraction of sp³-hybridized carbons (Fsp3) is 0.250. The molecule has 6 heteroatoms. The molecule has 2 aromatic heterocycles. The van der Waals surface area contributed by atoms with E-state index in [2.05, 4.69) is 19.9 Å². The highest BCUT2D eigenvalue weighted by molar-refractivity contribution is 6.32. The van der Waals surface area contributed by atoms with Crippen LogP contribution in [0.5, 0.6) is 0 Å². The maximum atomic E-state index is 7.82. The Morgan fingerprint density at radius 1 is 1.28 bits per heavy atom. The molecule has 3 rings (SSSR count). The zero-order chi connectivity index (χ0) is 12.5. The third-order valence-corrected chi connectivity index (χ3v) is 3.34. The van der Waals surface area contributed by atoms with Crippen LogP contribution in [-0.4, -0.2) is 21.5 Å². The Balaban J connectivity index is 1.96. The summed E-state index contributed by atoms with van der Waals surface area (Å²) in [5.41, 5.74) is 9.65. The molecule has 0 saturated carbocycles. The lowest BCUT2D eigenvalue weighted by molar-refractivity contribution is 0.700. The van der Waals surface area contributed by atoms with Crippen molar-refractivity contribution in [1.29, 1.82) is 0 Å². The summed E-state index contributed by atoms with van der Waals surface area (Å²) in [6, 6.07) is 3.63. The summed E-state index contributed by atoms with van der Waals surface area (Å²) in [7, 11) is 0. The van der Waals surface area contributed by atoms with Crippen LogP contribution in [0.25, 0.3) is 5.73 Å². The van der Waals surface area contributed by atoms with Crippen LogP contribution in [0.4, 0.5) is 11.6 Å². The van der Waals surface area contributed by atoms with Crippen molar-refractivity contribution in [3.63, 3.8) is 0 Å². The standard InChI is InChI=1S/C12H11ClN5/c13-9-2-1-4-15-12(9)18-5-3-10-8(6-18)11(14)17-7-16-10/h1-2,4,7H,3,5-6H2,(H-,14,16,17)/q-1. The lowest BCUT2D eigenvalue weighted by atomic mass is 10.1. The summed E-state index contributed by atoms with van der Waals surface area (Å²) in [6.45, 7) is 1.39. The van der Waals surface area contributed by atoms with Crippen molar-refractivity contribution in [1.82, 2.24) is 15.0 Å². The molecule has 0 atom stereocenters. The summed E-state index contributed by atoms with van der Waals surface area (Å²) in [6.07, 6.45) is 3.96. The Morgan fingerprint density at radius 3 is 3.00 bits per heavy atom. The minimum absolute atomic E-state index is 0.289. The van der Waals surface area contributed by atoms with E-state index in [4.69, 9.17) is 17.3 Å². The molecule has 0 unspecified atom stereocenters. The fourth-order valence-corrected chi connectivity index (χ4v) is 2.37. The predicted octanol–water partition coefficient (Wildman–Crippen LogP) is 2.77. The molecule has 92 valence electrons. The van der Waals surface area contributed by atoms with Gasteiger partial charge in [-0.05, 0) is 17.7 Å². The van der Waals surface area contributed by atoms with E-state index >= 15 is 0 Å². The van der Waals surface area contributed by atoms with E-state index in [-0.39, 0.29) is 5.82 Å². The number of fused-ring (bicyclic) bond motifs is 1. The average molecular weight is 261 g/mol. The Bertz CT molecular complexity index is 586. The highest BCUT2D eigenvalue weighted by Gasteiger charge is 2.20. The number of halogens is 1. The Morgan fingerprint density at radius 2 is 2.17 bits per heavy atom. The number of aromatic nitrogens is 3. The lowest BCUT2D eigenvalue weighted by Gasteiger charge is -2.31. The SMILES string of the molecule is [NH-]c1ncnc2c1CN(c1ncccc1Cl)CC2. The van der Waals surface area contributed by atoms with Crippen LogP contribution in [0.15, 0.2) is 24.7 Å². The van der Waals surface area contributed by atoms with Crippen LogP contribution in [0.1, 0.15) is 11.3 Å². The fourth-order valence-electron chi connectivity index (χ4n) is 2.13. The molecule has 1 aliphatic rings. The van der Waals surface area contributed by atoms with Crippen LogP contribution in [-0.2, 0) is 13.0 Å². The highest BCUT2D eigenvalue weighted by Crippen LogP contribution is 2.30. The van der Waals surface area contributed by atoms with Crippen molar-refractivity contribution in [2.45, 2.75) is 13.0 Å². The van der Waals surface area contributed by atoms with Gasteiger partial charge in [0.2, 0.25) is 0 Å². The van der Waals surface area contributed by atoms with E-state index in [9.17, 15) is 0 Å². The number of hydrogen-bond donors (Lipinski definition) is 0. The second kappa shape index (κ2) is 4.42. The van der Waals surface area contributed by atoms with Gasteiger partial charge in [0.1, 0.15) is 5.82 Å². The van der Waals surface area contributed by atoms with Gasteiger partial charge in [-0.1, -0.05) is 17.4 Å². The van der Waals surface area contributed by atoms with Gasteiger partial charge in [0.05, 0.1) is 5.02 Å². The van der Waals surface area contributed by atoms with Crippen LogP contribution >= 0.6 is 11.6 Å². The quantitative estimate of drug-likeness (QED) is 0.791. The van der Waals surface area contributed by atoms with Gasteiger partial charge in [0.15, 0.2) is 0 Å². The lowest BCUT2D eigenvalue weighted by Crippen LogP contribution is -2.32. The van der Waals surface area contributed by atoms with E-state index < -0.39 is 0 Å². The maximum Gasteiger partial charge on any atom is 0.147 e. The molecule has 1 aliphatic heterocycles. The summed E-state index contributed by atoms with van der Waals surface area (Å²) in [5.74, 6) is 1.05. The van der Waals surface area contributed by atoms with Gasteiger partial charge in [0, 0.05) is 37.7 Å². The topological polar surface area (TPSA) is 65.7 Å². The predicted molar refractivity (Wildman–Crippen MR) is 70.0 cm³/mol. The maximum absolute atomic E-state index is 7.82. The van der Waals surface area contributed by atoms with Crippen molar-refractivity contribution < 1.29 is 0 Å². The average Bonchev–Trinajstić information content (AvgIpc) is 2.40. The first-order valence-electron chi connectivity index (χ1n) is 5.65. The molecular formula is C12H11ClN5-. The highest BCUT2D eigenvalue weighted by atomic mass is 35.5. The number of anilines is 1. The van der Waals surface area contributed by atoms with Crippen LogP contribution < -0.4 is 4.90 Å². The first-order valence-corrected chi connectivity index (χ1v) is 6.03. The normalized spacial score (nSPS) is 14.4. The third-order valence-electron chi connectivity index (χ3n) is 3.04. The molecule has 0 fully saturated rings. The van der Waals surface area contributed by atoms with Gasteiger partial charge < -0.3 is 15.6 Å². The van der Waals surface area contributed by atoms with E-state index in [0.29, 0.717) is 11.6 Å². The second-order valence-corrected chi connectivity index (χ2v) is 4.54. The molecule has 2 aromatic rings. The largest absolute Gasteiger partial charge is 0.482 e. The van der Waals surface area contributed by atoms with E-state index in [1.807, 2.05) is 12.1 Å². The molecule has 3 heterocycles. The first-order chi connectivity index (χ1) is 8.75. The first kappa shape index (κ1) is 11.2. The number of hydrogen-bond acceptors (Lipinski definition) is 4. The minimum atomic E-state index is 0.289. The molecule has 0 spiro atoms. The third kappa shape index (κ3) is 1.86.